The minimum absolute atomic E-state index is 0.126. The fourth-order valence-corrected chi connectivity index (χ4v) is 3.27. The molecule has 1 heterocycles. The molecule has 1 fully saturated rings. The van der Waals surface area contributed by atoms with Gasteiger partial charge in [-0.3, -0.25) is 4.79 Å². The van der Waals surface area contributed by atoms with E-state index in [-0.39, 0.29) is 12.2 Å². The van der Waals surface area contributed by atoms with E-state index in [9.17, 15) is 13.2 Å². The lowest BCUT2D eigenvalue weighted by molar-refractivity contribution is -0.137. The Labute approximate surface area is 77.4 Å². The molecule has 5 nitrogen and oxygen atoms in total. The van der Waals surface area contributed by atoms with Crippen molar-refractivity contribution in [3.63, 3.8) is 0 Å². The zero-order valence-corrected chi connectivity index (χ0v) is 8.25. The molecule has 0 aromatic rings. The van der Waals surface area contributed by atoms with E-state index in [4.69, 9.17) is 5.11 Å². The monoisotopic (exact) mass is 207 g/mol. The van der Waals surface area contributed by atoms with E-state index in [0.29, 0.717) is 13.0 Å². The number of carbonyl (C=O) groups is 1. The van der Waals surface area contributed by atoms with Crippen molar-refractivity contribution in [1.29, 1.82) is 0 Å². The van der Waals surface area contributed by atoms with Crippen molar-refractivity contribution in [3.05, 3.63) is 0 Å². The molecule has 0 bridgehead atoms. The Balaban J connectivity index is 2.67. The van der Waals surface area contributed by atoms with Gasteiger partial charge in [0, 0.05) is 12.6 Å². The van der Waals surface area contributed by atoms with Crippen LogP contribution in [-0.2, 0) is 14.8 Å². The lowest BCUT2D eigenvalue weighted by Gasteiger charge is -2.20. The van der Waals surface area contributed by atoms with Crippen LogP contribution < -0.4 is 0 Å². The summed E-state index contributed by atoms with van der Waals surface area (Å²) >= 11 is 0. The van der Waals surface area contributed by atoms with Gasteiger partial charge in [0.2, 0.25) is 10.0 Å². The van der Waals surface area contributed by atoms with E-state index < -0.39 is 22.0 Å². The van der Waals surface area contributed by atoms with Crippen molar-refractivity contribution in [2.45, 2.75) is 25.8 Å². The van der Waals surface area contributed by atoms with Crippen LogP contribution in [0, 0.1) is 0 Å². The van der Waals surface area contributed by atoms with Gasteiger partial charge in [-0.2, -0.15) is 4.31 Å². The molecule has 6 heteroatoms. The number of hydrogen-bond donors (Lipinski definition) is 1. The van der Waals surface area contributed by atoms with Crippen LogP contribution in [0.4, 0.5) is 0 Å². The molecule has 0 aliphatic carbocycles. The van der Waals surface area contributed by atoms with Gasteiger partial charge in [0.05, 0.1) is 12.2 Å². The second-order valence-electron chi connectivity index (χ2n) is 3.23. The molecule has 0 saturated carbocycles. The predicted molar refractivity (Wildman–Crippen MR) is 46.8 cm³/mol. The van der Waals surface area contributed by atoms with Crippen molar-refractivity contribution >= 4 is 16.0 Å². The largest absolute Gasteiger partial charge is 0.481 e. The molecule has 0 amide bonds. The number of rotatable bonds is 3. The standard InChI is InChI=1S/C7H13NO4S/c1-6(5-7(9)10)8-3-2-4-13(8,11)12/h6H,2-5H2,1H3,(H,9,10). The van der Waals surface area contributed by atoms with Gasteiger partial charge in [-0.25, -0.2) is 8.42 Å². The summed E-state index contributed by atoms with van der Waals surface area (Å²) in [5, 5.41) is 8.49. The molecule has 0 aromatic heterocycles. The fourth-order valence-electron chi connectivity index (χ4n) is 1.51. The van der Waals surface area contributed by atoms with Crippen LogP contribution in [0.5, 0.6) is 0 Å². The lowest BCUT2D eigenvalue weighted by atomic mass is 10.2. The van der Waals surface area contributed by atoms with Gasteiger partial charge >= 0.3 is 5.97 Å². The molecule has 1 rings (SSSR count). The van der Waals surface area contributed by atoms with Crippen molar-refractivity contribution < 1.29 is 18.3 Å². The van der Waals surface area contributed by atoms with Crippen molar-refractivity contribution in [3.8, 4) is 0 Å². The summed E-state index contributed by atoms with van der Waals surface area (Å²) in [5.74, 6) is -0.814. The van der Waals surface area contributed by atoms with Crippen LogP contribution >= 0.6 is 0 Å². The van der Waals surface area contributed by atoms with E-state index >= 15 is 0 Å². The number of aliphatic carboxylic acids is 1. The van der Waals surface area contributed by atoms with Gasteiger partial charge < -0.3 is 5.11 Å². The van der Waals surface area contributed by atoms with Crippen molar-refractivity contribution in [2.24, 2.45) is 0 Å². The number of carboxylic acid groups (broad SMARTS) is 1. The Morgan fingerprint density at radius 1 is 1.62 bits per heavy atom. The quantitative estimate of drug-likeness (QED) is 0.700. The predicted octanol–water partition coefficient (Wildman–Crippen LogP) is -0.115. The van der Waals surface area contributed by atoms with Crippen LogP contribution in [0.3, 0.4) is 0 Å². The molecule has 0 radical (unpaired) electrons. The van der Waals surface area contributed by atoms with Gasteiger partial charge in [-0.05, 0) is 13.3 Å². The molecule has 1 atom stereocenters. The third kappa shape index (κ3) is 2.41. The molecule has 0 spiro atoms. The maximum absolute atomic E-state index is 11.3. The van der Waals surface area contributed by atoms with E-state index in [2.05, 4.69) is 0 Å². The normalized spacial score (nSPS) is 24.4. The molecule has 1 aliphatic heterocycles. The molecule has 1 N–H and O–H groups in total. The maximum atomic E-state index is 11.3. The molecular formula is C7H13NO4S. The first-order valence-corrected chi connectivity index (χ1v) is 5.76. The summed E-state index contributed by atoms with van der Waals surface area (Å²) in [6, 6.07) is -0.426. The highest BCUT2D eigenvalue weighted by Gasteiger charge is 2.32. The average molecular weight is 207 g/mol. The third-order valence-corrected chi connectivity index (χ3v) is 4.16. The highest BCUT2D eigenvalue weighted by molar-refractivity contribution is 7.89. The number of sulfonamides is 1. The van der Waals surface area contributed by atoms with Crippen LogP contribution in [-0.4, -0.2) is 42.1 Å². The van der Waals surface area contributed by atoms with E-state index in [1.54, 1.807) is 6.92 Å². The van der Waals surface area contributed by atoms with Gasteiger partial charge in [0.1, 0.15) is 0 Å². The first-order valence-electron chi connectivity index (χ1n) is 4.15. The number of nitrogens with zero attached hydrogens (tertiary/aromatic N) is 1. The number of carboxylic acids is 1. The van der Waals surface area contributed by atoms with Crippen LogP contribution in [0.25, 0.3) is 0 Å². The van der Waals surface area contributed by atoms with Gasteiger partial charge in [0.15, 0.2) is 0 Å². The Morgan fingerprint density at radius 2 is 2.23 bits per heavy atom. The molecule has 76 valence electrons. The summed E-state index contributed by atoms with van der Waals surface area (Å²) in [5.41, 5.74) is 0. The topological polar surface area (TPSA) is 74.7 Å². The zero-order chi connectivity index (χ0) is 10.1. The molecule has 1 unspecified atom stereocenters. The van der Waals surface area contributed by atoms with Crippen molar-refractivity contribution in [2.75, 3.05) is 12.3 Å². The Kier molecular flexibility index (Phi) is 2.92. The zero-order valence-electron chi connectivity index (χ0n) is 7.43. The first kappa shape index (κ1) is 10.5. The molecule has 1 aliphatic rings. The number of hydrogen-bond acceptors (Lipinski definition) is 3. The maximum Gasteiger partial charge on any atom is 0.304 e. The third-order valence-electron chi connectivity index (χ3n) is 2.10. The molecule has 0 aromatic carbocycles. The Bertz CT molecular complexity index is 298. The molecule has 13 heavy (non-hydrogen) atoms. The van der Waals surface area contributed by atoms with Crippen LogP contribution in [0.15, 0.2) is 0 Å². The second kappa shape index (κ2) is 3.63. The van der Waals surface area contributed by atoms with Gasteiger partial charge in [-0.15, -0.1) is 0 Å². The molecular weight excluding hydrogens is 194 g/mol. The summed E-state index contributed by atoms with van der Waals surface area (Å²) in [6.45, 7) is 2.08. The Morgan fingerprint density at radius 3 is 2.62 bits per heavy atom. The molecule has 1 saturated heterocycles. The van der Waals surface area contributed by atoms with E-state index in [1.807, 2.05) is 0 Å². The SMILES string of the molecule is CC(CC(=O)O)N1CCCS1(=O)=O. The van der Waals surface area contributed by atoms with Crippen molar-refractivity contribution in [1.82, 2.24) is 4.31 Å². The van der Waals surface area contributed by atoms with Crippen LogP contribution in [0.1, 0.15) is 19.8 Å². The minimum atomic E-state index is -3.16. The Hall–Kier alpha value is -0.620. The average Bonchev–Trinajstić information content (AvgIpc) is 2.27. The fraction of sp³-hybridized carbons (Fsp3) is 0.857. The highest BCUT2D eigenvalue weighted by Crippen LogP contribution is 2.18. The summed E-state index contributed by atoms with van der Waals surface area (Å²) < 4.78 is 23.9. The first-order chi connectivity index (χ1) is 5.93. The van der Waals surface area contributed by atoms with E-state index in [1.165, 1.54) is 4.31 Å². The van der Waals surface area contributed by atoms with Crippen LogP contribution in [0.2, 0.25) is 0 Å². The smallest absolute Gasteiger partial charge is 0.304 e. The highest BCUT2D eigenvalue weighted by atomic mass is 32.2. The second-order valence-corrected chi connectivity index (χ2v) is 5.27. The minimum Gasteiger partial charge on any atom is -0.481 e. The van der Waals surface area contributed by atoms with E-state index in [0.717, 1.165) is 0 Å². The summed E-state index contributed by atoms with van der Waals surface area (Å²) in [6.07, 6.45) is 0.478. The summed E-state index contributed by atoms with van der Waals surface area (Å²) in [7, 11) is -3.16. The summed E-state index contributed by atoms with van der Waals surface area (Å²) in [4.78, 5) is 10.4. The lowest BCUT2D eigenvalue weighted by Crippen LogP contribution is -2.35. The van der Waals surface area contributed by atoms with Gasteiger partial charge in [-0.1, -0.05) is 0 Å². The van der Waals surface area contributed by atoms with Gasteiger partial charge in [0.25, 0.3) is 0 Å².